The Morgan fingerprint density at radius 2 is 2.05 bits per heavy atom. The summed E-state index contributed by atoms with van der Waals surface area (Å²) in [7, 11) is 3.74. The van der Waals surface area contributed by atoms with Crippen molar-refractivity contribution in [2.24, 2.45) is 4.99 Å². The van der Waals surface area contributed by atoms with Gasteiger partial charge in [-0.25, -0.2) is 4.99 Å². The van der Waals surface area contributed by atoms with Gasteiger partial charge in [-0.3, -0.25) is 0 Å². The summed E-state index contributed by atoms with van der Waals surface area (Å²) in [6.45, 7) is 8.34. The van der Waals surface area contributed by atoms with E-state index < -0.39 is 0 Å². The van der Waals surface area contributed by atoms with E-state index in [-0.39, 0.29) is 24.0 Å². The van der Waals surface area contributed by atoms with Crippen LogP contribution in [0.15, 0.2) is 41.9 Å². The fraction of sp³-hybridized carbons (Fsp3) is 0.471. The molecular weight excluding hydrogens is 389 g/mol. The van der Waals surface area contributed by atoms with E-state index in [0.717, 1.165) is 37.6 Å². The first kappa shape index (κ1) is 20.8. The van der Waals surface area contributed by atoms with Gasteiger partial charge in [-0.05, 0) is 37.5 Å². The molecule has 0 amide bonds. The van der Waals surface area contributed by atoms with Crippen LogP contribution in [0, 0.1) is 0 Å². The van der Waals surface area contributed by atoms with Crippen LogP contribution in [0.3, 0.4) is 0 Å². The number of unbranched alkanes of at least 4 members (excludes halogenated alkanes) is 1. The van der Waals surface area contributed by atoms with Gasteiger partial charge >= 0.3 is 0 Å². The van der Waals surface area contributed by atoms with Crippen molar-refractivity contribution in [1.29, 1.82) is 0 Å². The molecule has 0 saturated heterocycles. The standard InChI is InChI=1S/C17H27N3O.HI/c1-5-7-8-13-20(3)17(18-6-2)19-14-15-9-11-16(21-4)12-10-15;/h5,9-12H,1,6-8,13-14H2,2-4H3,(H,18,19);1H. The fourth-order valence-electron chi connectivity index (χ4n) is 1.95. The van der Waals surface area contributed by atoms with Crippen molar-refractivity contribution in [1.82, 2.24) is 10.2 Å². The van der Waals surface area contributed by atoms with Gasteiger partial charge < -0.3 is 15.0 Å². The Hall–Kier alpha value is -1.24. The van der Waals surface area contributed by atoms with Gasteiger partial charge in [0, 0.05) is 20.1 Å². The van der Waals surface area contributed by atoms with Gasteiger partial charge in [-0.15, -0.1) is 30.6 Å². The number of methoxy groups -OCH3 is 1. The van der Waals surface area contributed by atoms with Crippen LogP contribution in [0.1, 0.15) is 25.3 Å². The highest BCUT2D eigenvalue weighted by molar-refractivity contribution is 14.0. The molecule has 1 N–H and O–H groups in total. The first-order valence-electron chi connectivity index (χ1n) is 7.44. The van der Waals surface area contributed by atoms with E-state index in [0.29, 0.717) is 6.54 Å². The highest BCUT2D eigenvalue weighted by atomic mass is 127. The third-order valence-corrected chi connectivity index (χ3v) is 3.17. The summed E-state index contributed by atoms with van der Waals surface area (Å²) in [5.74, 6) is 1.81. The molecule has 0 aromatic heterocycles. The number of benzene rings is 1. The van der Waals surface area contributed by atoms with Crippen LogP contribution >= 0.6 is 24.0 Å². The molecule has 0 aliphatic heterocycles. The van der Waals surface area contributed by atoms with Gasteiger partial charge in [0.1, 0.15) is 5.75 Å². The predicted octanol–water partition coefficient (Wildman–Crippen LogP) is 3.68. The summed E-state index contributed by atoms with van der Waals surface area (Å²) < 4.78 is 5.16. The first-order chi connectivity index (χ1) is 10.2. The average Bonchev–Trinajstić information content (AvgIpc) is 2.52. The predicted molar refractivity (Wildman–Crippen MR) is 105 cm³/mol. The summed E-state index contributed by atoms with van der Waals surface area (Å²) in [6.07, 6.45) is 4.07. The zero-order chi connectivity index (χ0) is 15.5. The van der Waals surface area contributed by atoms with Crippen LogP contribution < -0.4 is 10.1 Å². The molecule has 0 radical (unpaired) electrons. The van der Waals surface area contributed by atoms with E-state index in [1.807, 2.05) is 30.3 Å². The van der Waals surface area contributed by atoms with Gasteiger partial charge in [-0.1, -0.05) is 18.2 Å². The van der Waals surface area contributed by atoms with E-state index in [2.05, 4.69) is 35.8 Å². The molecule has 0 aliphatic rings. The smallest absolute Gasteiger partial charge is 0.193 e. The molecule has 124 valence electrons. The molecule has 0 heterocycles. The lowest BCUT2D eigenvalue weighted by Crippen LogP contribution is -2.39. The van der Waals surface area contributed by atoms with Crippen LogP contribution in [-0.4, -0.2) is 38.1 Å². The summed E-state index contributed by atoms with van der Waals surface area (Å²) >= 11 is 0. The zero-order valence-electron chi connectivity index (χ0n) is 13.8. The number of halogens is 1. The number of hydrogen-bond donors (Lipinski definition) is 1. The maximum Gasteiger partial charge on any atom is 0.193 e. The monoisotopic (exact) mass is 417 g/mol. The lowest BCUT2D eigenvalue weighted by molar-refractivity contribution is 0.414. The van der Waals surface area contributed by atoms with Crippen LogP contribution in [0.4, 0.5) is 0 Å². The fourth-order valence-corrected chi connectivity index (χ4v) is 1.95. The number of aliphatic imine (C=N–C) groups is 1. The highest BCUT2D eigenvalue weighted by Gasteiger charge is 2.04. The minimum atomic E-state index is 0. The van der Waals surface area contributed by atoms with Gasteiger partial charge in [0.2, 0.25) is 0 Å². The van der Waals surface area contributed by atoms with Crippen molar-refractivity contribution in [3.8, 4) is 5.75 Å². The molecule has 4 nitrogen and oxygen atoms in total. The topological polar surface area (TPSA) is 36.9 Å². The largest absolute Gasteiger partial charge is 0.497 e. The van der Waals surface area contributed by atoms with E-state index in [4.69, 9.17) is 4.74 Å². The molecule has 22 heavy (non-hydrogen) atoms. The number of hydrogen-bond acceptors (Lipinski definition) is 2. The summed E-state index contributed by atoms with van der Waals surface area (Å²) in [5.41, 5.74) is 1.17. The minimum absolute atomic E-state index is 0. The number of ether oxygens (including phenoxy) is 1. The molecular formula is C17H28IN3O. The Labute approximate surface area is 151 Å². The number of nitrogens with one attached hydrogen (secondary N) is 1. The Morgan fingerprint density at radius 1 is 1.36 bits per heavy atom. The maximum absolute atomic E-state index is 5.16. The molecule has 0 spiro atoms. The second kappa shape index (κ2) is 12.3. The number of guanidine groups is 1. The van der Waals surface area contributed by atoms with Gasteiger partial charge in [0.25, 0.3) is 0 Å². The molecule has 1 aromatic rings. The van der Waals surface area contributed by atoms with Crippen molar-refractivity contribution < 1.29 is 4.74 Å². The molecule has 1 rings (SSSR count). The second-order valence-electron chi connectivity index (χ2n) is 4.87. The lowest BCUT2D eigenvalue weighted by atomic mass is 10.2. The molecule has 0 saturated carbocycles. The van der Waals surface area contributed by atoms with Crippen molar-refractivity contribution in [2.45, 2.75) is 26.3 Å². The Kier molecular flexibility index (Phi) is 11.6. The normalized spacial score (nSPS) is 10.6. The quantitative estimate of drug-likeness (QED) is 0.231. The molecule has 5 heteroatoms. The van der Waals surface area contributed by atoms with Crippen LogP contribution in [0.5, 0.6) is 5.75 Å². The van der Waals surface area contributed by atoms with Crippen molar-refractivity contribution in [2.75, 3.05) is 27.2 Å². The third-order valence-electron chi connectivity index (χ3n) is 3.17. The van der Waals surface area contributed by atoms with Gasteiger partial charge in [-0.2, -0.15) is 0 Å². The van der Waals surface area contributed by atoms with Crippen LogP contribution in [-0.2, 0) is 6.54 Å². The minimum Gasteiger partial charge on any atom is -0.497 e. The van der Waals surface area contributed by atoms with E-state index in [1.165, 1.54) is 5.56 Å². The Balaban J connectivity index is 0.00000441. The SMILES string of the molecule is C=CCCCN(C)C(=NCc1ccc(OC)cc1)NCC.I. The van der Waals surface area contributed by atoms with Crippen molar-refractivity contribution >= 4 is 29.9 Å². The van der Waals surface area contributed by atoms with Crippen LogP contribution in [0.2, 0.25) is 0 Å². The van der Waals surface area contributed by atoms with E-state index in [9.17, 15) is 0 Å². The highest BCUT2D eigenvalue weighted by Crippen LogP contribution is 2.12. The van der Waals surface area contributed by atoms with E-state index >= 15 is 0 Å². The van der Waals surface area contributed by atoms with Gasteiger partial charge in [0.15, 0.2) is 5.96 Å². The summed E-state index contributed by atoms with van der Waals surface area (Å²) in [5, 5.41) is 3.33. The van der Waals surface area contributed by atoms with Crippen molar-refractivity contribution in [3.63, 3.8) is 0 Å². The van der Waals surface area contributed by atoms with Gasteiger partial charge in [0.05, 0.1) is 13.7 Å². The molecule has 0 bridgehead atoms. The maximum atomic E-state index is 5.16. The molecule has 1 aromatic carbocycles. The summed E-state index contributed by atoms with van der Waals surface area (Å²) in [4.78, 5) is 6.85. The van der Waals surface area contributed by atoms with Crippen molar-refractivity contribution in [3.05, 3.63) is 42.5 Å². The molecule has 0 unspecified atom stereocenters. The Bertz CT molecular complexity index is 446. The third kappa shape index (κ3) is 7.68. The number of allylic oxidation sites excluding steroid dienone is 1. The lowest BCUT2D eigenvalue weighted by Gasteiger charge is -2.21. The number of rotatable bonds is 8. The Morgan fingerprint density at radius 3 is 2.59 bits per heavy atom. The zero-order valence-corrected chi connectivity index (χ0v) is 16.2. The van der Waals surface area contributed by atoms with Crippen LogP contribution in [0.25, 0.3) is 0 Å². The number of nitrogens with zero attached hydrogens (tertiary/aromatic N) is 2. The summed E-state index contributed by atoms with van der Waals surface area (Å²) in [6, 6.07) is 8.02. The second-order valence-corrected chi connectivity index (χ2v) is 4.87. The average molecular weight is 417 g/mol. The first-order valence-corrected chi connectivity index (χ1v) is 7.44. The molecule has 0 aliphatic carbocycles. The molecule has 0 atom stereocenters. The van der Waals surface area contributed by atoms with E-state index in [1.54, 1.807) is 7.11 Å². The molecule has 0 fully saturated rings.